The van der Waals surface area contributed by atoms with Crippen LogP contribution in [0.15, 0.2) is 52.0 Å². The molecule has 0 N–H and O–H groups in total. The molecule has 0 aliphatic carbocycles. The van der Waals surface area contributed by atoms with E-state index in [4.69, 9.17) is 14.7 Å². The van der Waals surface area contributed by atoms with E-state index in [1.165, 1.54) is 45.2 Å². The summed E-state index contributed by atoms with van der Waals surface area (Å²) in [5.74, 6) is 2.72. The Morgan fingerprint density at radius 1 is 0.970 bits per heavy atom. The molecule has 5 nitrogen and oxygen atoms in total. The molecule has 3 heterocycles. The molecule has 0 amide bonds. The van der Waals surface area contributed by atoms with Crippen LogP contribution < -0.4 is 9.64 Å². The average molecular weight is 528 g/mol. The van der Waals surface area contributed by atoms with Gasteiger partial charge in [-0.1, -0.05) is 46.2 Å². The highest BCUT2D eigenvalue weighted by Gasteiger charge is 2.28. The zero-order valence-corrected chi connectivity index (χ0v) is 21.6. The van der Waals surface area contributed by atoms with Crippen molar-refractivity contribution in [2.45, 2.75) is 48.9 Å². The third kappa shape index (κ3) is 5.31. The minimum absolute atomic E-state index is 0.719. The first kappa shape index (κ1) is 22.9. The standard InChI is InChI=1S/C26H31BrN4OS/c1-32-24-10-9-20(27)17-19(24)18-33-26-25(28-22-7-3-4-8-23(22)29-26)31-15-11-21(12-16-31)30-13-5-2-6-14-30/h3-4,7-10,17,21H,2,5-6,11-16,18H2,1H3. The van der Waals surface area contributed by atoms with Gasteiger partial charge in [-0.15, -0.1) is 0 Å². The maximum absolute atomic E-state index is 5.59. The van der Waals surface area contributed by atoms with Gasteiger partial charge in [-0.2, -0.15) is 0 Å². The van der Waals surface area contributed by atoms with E-state index in [0.29, 0.717) is 0 Å². The fourth-order valence-electron chi connectivity index (χ4n) is 5.01. The Morgan fingerprint density at radius 3 is 2.42 bits per heavy atom. The maximum atomic E-state index is 5.59. The molecule has 174 valence electrons. The minimum Gasteiger partial charge on any atom is -0.496 e. The molecule has 0 unspecified atom stereocenters. The number of nitrogens with zero attached hydrogens (tertiary/aromatic N) is 4. The number of methoxy groups -OCH3 is 1. The molecule has 0 radical (unpaired) electrons. The largest absolute Gasteiger partial charge is 0.496 e. The van der Waals surface area contributed by atoms with Gasteiger partial charge in [0, 0.05) is 34.9 Å². The number of benzene rings is 2. The van der Waals surface area contributed by atoms with Crippen molar-refractivity contribution in [3.8, 4) is 5.75 Å². The molecular formula is C26H31BrN4OS. The van der Waals surface area contributed by atoms with Crippen molar-refractivity contribution in [1.29, 1.82) is 0 Å². The van der Waals surface area contributed by atoms with Gasteiger partial charge in [-0.3, -0.25) is 0 Å². The molecule has 2 fully saturated rings. The summed E-state index contributed by atoms with van der Waals surface area (Å²) in [7, 11) is 1.73. The third-order valence-electron chi connectivity index (χ3n) is 6.80. The van der Waals surface area contributed by atoms with Gasteiger partial charge in [0.2, 0.25) is 0 Å². The number of aromatic nitrogens is 2. The number of likely N-dealkylation sites (tertiary alicyclic amines) is 1. The van der Waals surface area contributed by atoms with Gasteiger partial charge in [-0.05, 0) is 69.1 Å². The number of rotatable bonds is 6. The Labute approximate surface area is 209 Å². The molecule has 2 saturated heterocycles. The van der Waals surface area contributed by atoms with Crippen LogP contribution in [0.25, 0.3) is 11.0 Å². The summed E-state index contributed by atoms with van der Waals surface area (Å²) in [5, 5.41) is 1.01. The monoisotopic (exact) mass is 526 g/mol. The molecule has 0 atom stereocenters. The van der Waals surface area contributed by atoms with Gasteiger partial charge in [0.15, 0.2) is 5.82 Å². The van der Waals surface area contributed by atoms with Gasteiger partial charge in [-0.25, -0.2) is 9.97 Å². The maximum Gasteiger partial charge on any atom is 0.161 e. The van der Waals surface area contributed by atoms with Crippen LogP contribution in [-0.2, 0) is 5.75 Å². The normalized spacial score (nSPS) is 18.1. The van der Waals surface area contributed by atoms with Crippen LogP contribution in [0.5, 0.6) is 5.75 Å². The Balaban J connectivity index is 1.37. The second-order valence-electron chi connectivity index (χ2n) is 8.90. The van der Waals surface area contributed by atoms with Gasteiger partial charge in [0.05, 0.1) is 18.1 Å². The molecule has 2 aliphatic rings. The molecule has 2 aromatic carbocycles. The van der Waals surface area contributed by atoms with Gasteiger partial charge >= 0.3 is 0 Å². The zero-order chi connectivity index (χ0) is 22.6. The molecule has 0 bridgehead atoms. The Morgan fingerprint density at radius 2 is 1.70 bits per heavy atom. The number of thioether (sulfide) groups is 1. The SMILES string of the molecule is COc1ccc(Br)cc1CSc1nc2ccccc2nc1N1CCC(N2CCCCC2)CC1. The van der Waals surface area contributed by atoms with Crippen molar-refractivity contribution in [1.82, 2.24) is 14.9 Å². The highest BCUT2D eigenvalue weighted by Crippen LogP contribution is 2.36. The average Bonchev–Trinajstić information content (AvgIpc) is 2.87. The van der Waals surface area contributed by atoms with Crippen LogP contribution >= 0.6 is 27.7 Å². The van der Waals surface area contributed by atoms with Crippen molar-refractivity contribution in [2.24, 2.45) is 0 Å². The van der Waals surface area contributed by atoms with Crippen molar-refractivity contribution in [3.05, 3.63) is 52.5 Å². The summed E-state index contributed by atoms with van der Waals surface area (Å²) < 4.78 is 6.65. The fourth-order valence-corrected chi connectivity index (χ4v) is 6.40. The summed E-state index contributed by atoms with van der Waals surface area (Å²) in [6.45, 7) is 4.63. The topological polar surface area (TPSA) is 41.5 Å². The van der Waals surface area contributed by atoms with Crippen molar-refractivity contribution in [2.75, 3.05) is 38.2 Å². The fraction of sp³-hybridized carbons (Fsp3) is 0.462. The number of anilines is 1. The Hall–Kier alpha value is -1.83. The van der Waals surface area contributed by atoms with E-state index < -0.39 is 0 Å². The van der Waals surface area contributed by atoms with Crippen LogP contribution in [0.4, 0.5) is 5.82 Å². The predicted molar refractivity (Wildman–Crippen MR) is 140 cm³/mol. The number of hydrogen-bond donors (Lipinski definition) is 0. The summed E-state index contributed by atoms with van der Waals surface area (Å²) in [6, 6.07) is 15.1. The molecule has 5 rings (SSSR count). The third-order valence-corrected chi connectivity index (χ3v) is 8.30. The van der Waals surface area contributed by atoms with E-state index in [1.807, 2.05) is 24.3 Å². The summed E-state index contributed by atoms with van der Waals surface area (Å²) in [5.41, 5.74) is 3.07. The summed E-state index contributed by atoms with van der Waals surface area (Å²) >= 11 is 5.34. The number of halogens is 1. The highest BCUT2D eigenvalue weighted by molar-refractivity contribution is 9.10. The number of fused-ring (bicyclic) bond motifs is 1. The molecule has 3 aromatic rings. The van der Waals surface area contributed by atoms with E-state index >= 15 is 0 Å². The van der Waals surface area contributed by atoms with Crippen molar-refractivity contribution < 1.29 is 4.74 Å². The van der Waals surface area contributed by atoms with Crippen LogP contribution in [0, 0.1) is 0 Å². The lowest BCUT2D eigenvalue weighted by Crippen LogP contribution is -2.47. The van der Waals surface area contributed by atoms with Crippen molar-refractivity contribution in [3.63, 3.8) is 0 Å². The second-order valence-corrected chi connectivity index (χ2v) is 10.8. The van der Waals surface area contributed by atoms with E-state index in [2.05, 4.69) is 43.9 Å². The Bertz CT molecular complexity index is 1100. The lowest BCUT2D eigenvalue weighted by molar-refractivity contribution is 0.141. The van der Waals surface area contributed by atoms with Crippen LogP contribution in [0.2, 0.25) is 0 Å². The van der Waals surface area contributed by atoms with E-state index in [0.717, 1.165) is 62.5 Å². The van der Waals surface area contributed by atoms with Gasteiger partial charge < -0.3 is 14.5 Å². The molecule has 7 heteroatoms. The molecule has 2 aliphatic heterocycles. The van der Waals surface area contributed by atoms with Crippen LogP contribution in [-0.4, -0.2) is 54.2 Å². The number of ether oxygens (including phenoxy) is 1. The van der Waals surface area contributed by atoms with Gasteiger partial charge in [0.1, 0.15) is 10.8 Å². The number of para-hydroxylation sites is 2. The quantitative estimate of drug-likeness (QED) is 0.359. The lowest BCUT2D eigenvalue weighted by atomic mass is 10.00. The van der Waals surface area contributed by atoms with E-state index in [-0.39, 0.29) is 0 Å². The number of piperidine rings is 2. The lowest BCUT2D eigenvalue weighted by Gasteiger charge is -2.40. The van der Waals surface area contributed by atoms with Crippen LogP contribution in [0.3, 0.4) is 0 Å². The molecule has 1 aromatic heterocycles. The smallest absolute Gasteiger partial charge is 0.161 e. The van der Waals surface area contributed by atoms with Gasteiger partial charge in [0.25, 0.3) is 0 Å². The summed E-state index contributed by atoms with van der Waals surface area (Å²) in [4.78, 5) is 15.3. The van der Waals surface area contributed by atoms with Crippen LogP contribution in [0.1, 0.15) is 37.7 Å². The van der Waals surface area contributed by atoms with E-state index in [1.54, 1.807) is 18.9 Å². The highest BCUT2D eigenvalue weighted by atomic mass is 79.9. The Kier molecular flexibility index (Phi) is 7.38. The summed E-state index contributed by atoms with van der Waals surface area (Å²) in [6.07, 6.45) is 6.52. The first-order valence-corrected chi connectivity index (χ1v) is 13.7. The predicted octanol–water partition coefficient (Wildman–Crippen LogP) is 6.15. The first-order valence-electron chi connectivity index (χ1n) is 11.9. The zero-order valence-electron chi connectivity index (χ0n) is 19.2. The number of hydrogen-bond acceptors (Lipinski definition) is 6. The molecular weight excluding hydrogens is 496 g/mol. The molecule has 33 heavy (non-hydrogen) atoms. The minimum atomic E-state index is 0.719. The second kappa shape index (κ2) is 10.6. The van der Waals surface area contributed by atoms with Crippen molar-refractivity contribution >= 4 is 44.5 Å². The molecule has 0 spiro atoms. The first-order chi connectivity index (χ1) is 16.2. The molecule has 0 saturated carbocycles. The van der Waals surface area contributed by atoms with E-state index in [9.17, 15) is 0 Å².